The maximum absolute atomic E-state index is 5.97. The molecular weight excluding hydrogens is 354 g/mol. The largest absolute Gasteiger partial charge is 0.497 e. The lowest BCUT2D eigenvalue weighted by atomic mass is 10.1. The second-order valence-electron chi connectivity index (χ2n) is 7.16. The molecule has 1 atom stereocenters. The Morgan fingerprint density at radius 3 is 2.82 bits per heavy atom. The molecule has 1 aliphatic heterocycles. The Bertz CT molecular complexity index is 955. The summed E-state index contributed by atoms with van der Waals surface area (Å²) in [5.41, 5.74) is 0.908. The Labute approximate surface area is 165 Å². The summed E-state index contributed by atoms with van der Waals surface area (Å²) in [5.74, 6) is 4.25. The number of aromatic nitrogens is 4. The summed E-state index contributed by atoms with van der Waals surface area (Å²) in [6, 6.07) is 9.39. The highest BCUT2D eigenvalue weighted by Gasteiger charge is 2.27. The van der Waals surface area contributed by atoms with Gasteiger partial charge in [-0.05, 0) is 32.0 Å². The van der Waals surface area contributed by atoms with Crippen molar-refractivity contribution in [3.63, 3.8) is 0 Å². The van der Waals surface area contributed by atoms with Gasteiger partial charge in [0.05, 0.1) is 13.7 Å². The molecule has 1 aromatic carbocycles. The standard InChI is InChI=1S/C21H25N5O2/c1-15-11-20(28-18-6-4-5-17(12-18)27-3)24-21(23-15)16-7-9-26(13-16)14-19-22-8-10-25(19)2/h4-6,8,10-12,16H,7,9,13-14H2,1-3H3. The van der Waals surface area contributed by atoms with Gasteiger partial charge in [-0.25, -0.2) is 9.97 Å². The normalized spacial score (nSPS) is 17.0. The third-order valence-corrected chi connectivity index (χ3v) is 5.04. The number of hydrogen-bond donors (Lipinski definition) is 0. The van der Waals surface area contributed by atoms with Crippen LogP contribution < -0.4 is 9.47 Å². The van der Waals surface area contributed by atoms with Crippen molar-refractivity contribution in [2.75, 3.05) is 20.2 Å². The van der Waals surface area contributed by atoms with E-state index in [0.29, 0.717) is 17.5 Å². The highest BCUT2D eigenvalue weighted by atomic mass is 16.5. The lowest BCUT2D eigenvalue weighted by molar-refractivity contribution is 0.313. The molecule has 0 bridgehead atoms. The predicted octanol–water partition coefficient (Wildman–Crippen LogP) is 3.31. The van der Waals surface area contributed by atoms with Crippen LogP contribution in [-0.2, 0) is 13.6 Å². The SMILES string of the molecule is COc1cccc(Oc2cc(C)nc(C3CCN(Cc4nccn4C)C3)n2)c1. The van der Waals surface area contributed by atoms with Crippen molar-refractivity contribution >= 4 is 0 Å². The average molecular weight is 379 g/mol. The summed E-state index contributed by atoms with van der Waals surface area (Å²) < 4.78 is 13.3. The predicted molar refractivity (Wildman–Crippen MR) is 106 cm³/mol. The Morgan fingerprint density at radius 1 is 1.18 bits per heavy atom. The monoisotopic (exact) mass is 379 g/mol. The molecule has 0 spiro atoms. The van der Waals surface area contributed by atoms with E-state index < -0.39 is 0 Å². The topological polar surface area (TPSA) is 65.3 Å². The Hall–Kier alpha value is -2.93. The molecule has 1 unspecified atom stereocenters. The fraction of sp³-hybridized carbons (Fsp3) is 0.381. The van der Waals surface area contributed by atoms with Crippen LogP contribution >= 0.6 is 0 Å². The first-order chi connectivity index (χ1) is 13.6. The van der Waals surface area contributed by atoms with Crippen molar-refractivity contribution in [1.82, 2.24) is 24.4 Å². The summed E-state index contributed by atoms with van der Waals surface area (Å²) in [5, 5.41) is 0. The van der Waals surface area contributed by atoms with Crippen LogP contribution in [0.2, 0.25) is 0 Å². The molecule has 0 saturated carbocycles. The second kappa shape index (κ2) is 7.98. The third-order valence-electron chi connectivity index (χ3n) is 5.04. The molecule has 7 heteroatoms. The quantitative estimate of drug-likeness (QED) is 0.655. The van der Waals surface area contributed by atoms with Crippen molar-refractivity contribution in [3.8, 4) is 17.4 Å². The molecule has 146 valence electrons. The van der Waals surface area contributed by atoms with E-state index in [9.17, 15) is 0 Å². The van der Waals surface area contributed by atoms with Crippen molar-refractivity contribution in [3.05, 3.63) is 60.1 Å². The molecule has 2 aromatic heterocycles. The number of ether oxygens (including phenoxy) is 2. The van der Waals surface area contributed by atoms with Crippen molar-refractivity contribution in [2.45, 2.75) is 25.8 Å². The van der Waals surface area contributed by atoms with Gasteiger partial charge in [0.2, 0.25) is 5.88 Å². The summed E-state index contributed by atoms with van der Waals surface area (Å²) >= 11 is 0. The van der Waals surface area contributed by atoms with E-state index >= 15 is 0 Å². The van der Waals surface area contributed by atoms with Gasteiger partial charge in [-0.2, -0.15) is 4.98 Å². The van der Waals surface area contributed by atoms with Crippen molar-refractivity contribution < 1.29 is 9.47 Å². The number of hydrogen-bond acceptors (Lipinski definition) is 6. The summed E-state index contributed by atoms with van der Waals surface area (Å²) in [6.07, 6.45) is 4.86. The molecule has 0 amide bonds. The van der Waals surface area contributed by atoms with Crippen LogP contribution in [0.15, 0.2) is 42.7 Å². The number of benzene rings is 1. The Kier molecular flexibility index (Phi) is 5.25. The van der Waals surface area contributed by atoms with Gasteiger partial charge in [-0.1, -0.05) is 6.07 Å². The summed E-state index contributed by atoms with van der Waals surface area (Å²) in [7, 11) is 3.67. The molecular formula is C21H25N5O2. The minimum atomic E-state index is 0.299. The van der Waals surface area contributed by atoms with Crippen LogP contribution in [0.4, 0.5) is 0 Å². The van der Waals surface area contributed by atoms with Crippen LogP contribution in [0.25, 0.3) is 0 Å². The lowest BCUT2D eigenvalue weighted by Gasteiger charge is -2.16. The number of aryl methyl sites for hydroxylation is 2. The average Bonchev–Trinajstić information content (AvgIpc) is 3.31. The van der Waals surface area contributed by atoms with Crippen LogP contribution in [0.5, 0.6) is 17.4 Å². The number of likely N-dealkylation sites (tertiary alicyclic amines) is 1. The molecule has 0 radical (unpaired) electrons. The number of nitrogens with zero attached hydrogens (tertiary/aromatic N) is 5. The molecule has 1 fully saturated rings. The molecule has 0 aliphatic carbocycles. The van der Waals surface area contributed by atoms with Gasteiger partial charge >= 0.3 is 0 Å². The van der Waals surface area contributed by atoms with Gasteiger partial charge in [0.15, 0.2) is 0 Å². The second-order valence-corrected chi connectivity index (χ2v) is 7.16. The van der Waals surface area contributed by atoms with Crippen LogP contribution in [0, 0.1) is 6.92 Å². The van der Waals surface area contributed by atoms with Crippen LogP contribution in [0.1, 0.15) is 29.7 Å². The van der Waals surface area contributed by atoms with Crippen molar-refractivity contribution in [2.24, 2.45) is 7.05 Å². The van der Waals surface area contributed by atoms with Gasteiger partial charge in [-0.3, -0.25) is 4.90 Å². The molecule has 3 aromatic rings. The van der Waals surface area contributed by atoms with Gasteiger partial charge in [0.1, 0.15) is 23.1 Å². The number of imidazole rings is 1. The fourth-order valence-electron chi connectivity index (χ4n) is 3.52. The van der Waals surface area contributed by atoms with Gasteiger partial charge < -0.3 is 14.0 Å². The van der Waals surface area contributed by atoms with Crippen LogP contribution in [0.3, 0.4) is 0 Å². The van der Waals surface area contributed by atoms with E-state index in [0.717, 1.165) is 49.1 Å². The maximum Gasteiger partial charge on any atom is 0.222 e. The molecule has 7 nitrogen and oxygen atoms in total. The molecule has 3 heterocycles. The fourth-order valence-corrected chi connectivity index (χ4v) is 3.52. The first kappa shape index (κ1) is 18.4. The zero-order chi connectivity index (χ0) is 19.5. The Morgan fingerprint density at radius 2 is 2.04 bits per heavy atom. The minimum Gasteiger partial charge on any atom is -0.497 e. The Balaban J connectivity index is 1.47. The van der Waals surface area contributed by atoms with E-state index in [1.54, 1.807) is 7.11 Å². The first-order valence-corrected chi connectivity index (χ1v) is 9.47. The molecule has 0 N–H and O–H groups in total. The van der Waals surface area contributed by atoms with E-state index in [1.807, 2.05) is 56.7 Å². The van der Waals surface area contributed by atoms with Crippen LogP contribution in [-0.4, -0.2) is 44.6 Å². The van der Waals surface area contributed by atoms with E-state index in [-0.39, 0.29) is 0 Å². The van der Waals surface area contributed by atoms with E-state index in [4.69, 9.17) is 14.5 Å². The highest BCUT2D eigenvalue weighted by Crippen LogP contribution is 2.29. The minimum absolute atomic E-state index is 0.299. The maximum atomic E-state index is 5.97. The molecule has 4 rings (SSSR count). The number of methoxy groups -OCH3 is 1. The van der Waals surface area contributed by atoms with Gasteiger partial charge in [0, 0.05) is 49.7 Å². The number of rotatable bonds is 6. The smallest absolute Gasteiger partial charge is 0.222 e. The molecule has 1 saturated heterocycles. The zero-order valence-electron chi connectivity index (χ0n) is 16.5. The van der Waals surface area contributed by atoms with E-state index in [1.165, 1.54) is 0 Å². The van der Waals surface area contributed by atoms with Crippen molar-refractivity contribution in [1.29, 1.82) is 0 Å². The van der Waals surface area contributed by atoms with E-state index in [2.05, 4.69) is 19.4 Å². The lowest BCUT2D eigenvalue weighted by Crippen LogP contribution is -2.22. The summed E-state index contributed by atoms with van der Waals surface area (Å²) in [4.78, 5) is 16.2. The van der Waals surface area contributed by atoms with Gasteiger partial charge in [-0.15, -0.1) is 0 Å². The zero-order valence-corrected chi connectivity index (χ0v) is 16.5. The first-order valence-electron chi connectivity index (χ1n) is 9.47. The van der Waals surface area contributed by atoms with Gasteiger partial charge in [0.25, 0.3) is 0 Å². The molecule has 28 heavy (non-hydrogen) atoms. The molecule has 1 aliphatic rings. The third kappa shape index (κ3) is 4.14. The highest BCUT2D eigenvalue weighted by molar-refractivity contribution is 5.35. The summed E-state index contributed by atoms with van der Waals surface area (Å²) in [6.45, 7) is 4.76.